The Balaban J connectivity index is 0.00000144. The van der Waals surface area contributed by atoms with Gasteiger partial charge in [0.05, 0.1) is 5.02 Å². The number of nitrogens with zero attached hydrogens (tertiary/aromatic N) is 1. The number of piperazine rings is 1. The minimum Gasteiger partial charge on any atom is -0.314 e. The average Bonchev–Trinajstić information content (AvgIpc) is 2.33. The number of halogens is 4. The molecule has 2 nitrogen and oxygen atoms in total. The molecule has 1 saturated heterocycles. The Morgan fingerprint density at radius 3 is 2.44 bits per heavy atom. The van der Waals surface area contributed by atoms with Gasteiger partial charge in [-0.2, -0.15) is 0 Å². The molecule has 0 spiro atoms. The minimum absolute atomic E-state index is 0. The van der Waals surface area contributed by atoms with E-state index in [-0.39, 0.29) is 35.7 Å². The molecule has 104 valence electrons. The standard InChI is InChI=1S/C12H16ClFN2.2ClH/c1-9(16-6-4-15-5-7-16)10-2-3-12(14)11(13)8-10;;/h2-3,8-9,15H,4-7H2,1H3;2*1H. The Kier molecular flexibility index (Phi) is 8.15. The monoisotopic (exact) mass is 314 g/mol. The summed E-state index contributed by atoms with van der Waals surface area (Å²) in [6.45, 7) is 6.21. The molecule has 0 saturated carbocycles. The molecular weight excluding hydrogens is 298 g/mol. The quantitative estimate of drug-likeness (QED) is 0.901. The Morgan fingerprint density at radius 1 is 1.28 bits per heavy atom. The third-order valence-corrected chi connectivity index (χ3v) is 3.42. The average molecular weight is 316 g/mol. The number of hydrogen-bond acceptors (Lipinski definition) is 2. The van der Waals surface area contributed by atoms with Crippen molar-refractivity contribution in [3.63, 3.8) is 0 Å². The van der Waals surface area contributed by atoms with E-state index in [4.69, 9.17) is 11.6 Å². The van der Waals surface area contributed by atoms with Gasteiger partial charge in [0, 0.05) is 32.2 Å². The van der Waals surface area contributed by atoms with Crippen molar-refractivity contribution < 1.29 is 4.39 Å². The smallest absolute Gasteiger partial charge is 0.141 e. The van der Waals surface area contributed by atoms with Gasteiger partial charge in [0.2, 0.25) is 0 Å². The van der Waals surface area contributed by atoms with Crippen LogP contribution in [0, 0.1) is 5.82 Å². The molecule has 1 unspecified atom stereocenters. The van der Waals surface area contributed by atoms with Gasteiger partial charge < -0.3 is 5.32 Å². The zero-order valence-electron chi connectivity index (χ0n) is 10.2. The molecule has 0 radical (unpaired) electrons. The second kappa shape index (κ2) is 8.18. The van der Waals surface area contributed by atoms with Crippen LogP contribution in [0.1, 0.15) is 18.5 Å². The summed E-state index contributed by atoms with van der Waals surface area (Å²) in [7, 11) is 0. The number of nitrogens with one attached hydrogen (secondary N) is 1. The van der Waals surface area contributed by atoms with E-state index in [9.17, 15) is 4.39 Å². The molecule has 0 aromatic heterocycles. The van der Waals surface area contributed by atoms with E-state index in [0.717, 1.165) is 31.7 Å². The lowest BCUT2D eigenvalue weighted by molar-refractivity contribution is 0.185. The fourth-order valence-corrected chi connectivity index (χ4v) is 2.24. The van der Waals surface area contributed by atoms with Gasteiger partial charge in [0.25, 0.3) is 0 Å². The molecule has 1 atom stereocenters. The van der Waals surface area contributed by atoms with Gasteiger partial charge in [-0.25, -0.2) is 4.39 Å². The maximum absolute atomic E-state index is 13.0. The molecule has 0 aliphatic carbocycles. The SMILES string of the molecule is CC(c1ccc(F)c(Cl)c1)N1CCNCC1.Cl.Cl. The highest BCUT2D eigenvalue weighted by atomic mass is 35.5. The van der Waals surface area contributed by atoms with Gasteiger partial charge in [-0.15, -0.1) is 24.8 Å². The van der Waals surface area contributed by atoms with E-state index in [1.807, 2.05) is 6.07 Å². The Hall–Kier alpha value is -0.0600. The van der Waals surface area contributed by atoms with Crippen molar-refractivity contribution in [1.82, 2.24) is 10.2 Å². The molecule has 0 bridgehead atoms. The maximum atomic E-state index is 13.0. The first-order chi connectivity index (χ1) is 7.68. The summed E-state index contributed by atoms with van der Waals surface area (Å²) in [6, 6.07) is 5.27. The first kappa shape index (κ1) is 17.9. The van der Waals surface area contributed by atoms with Crippen LogP contribution in [0.15, 0.2) is 18.2 Å². The summed E-state index contributed by atoms with van der Waals surface area (Å²) >= 11 is 5.79. The first-order valence-electron chi connectivity index (χ1n) is 5.58. The molecule has 6 heteroatoms. The molecule has 1 N–H and O–H groups in total. The van der Waals surface area contributed by atoms with Gasteiger partial charge in [0.15, 0.2) is 0 Å². The zero-order chi connectivity index (χ0) is 11.5. The summed E-state index contributed by atoms with van der Waals surface area (Å²) in [5.74, 6) is -0.349. The second-order valence-corrected chi connectivity index (χ2v) is 4.54. The fraction of sp³-hybridized carbons (Fsp3) is 0.500. The lowest BCUT2D eigenvalue weighted by atomic mass is 10.1. The fourth-order valence-electron chi connectivity index (χ4n) is 2.05. The van der Waals surface area contributed by atoms with Crippen LogP contribution in [-0.4, -0.2) is 31.1 Å². The highest BCUT2D eigenvalue weighted by Gasteiger charge is 2.18. The number of rotatable bonds is 2. The lowest BCUT2D eigenvalue weighted by Gasteiger charge is -2.33. The van der Waals surface area contributed by atoms with Crippen LogP contribution < -0.4 is 5.32 Å². The Labute approximate surface area is 125 Å². The third kappa shape index (κ3) is 4.25. The van der Waals surface area contributed by atoms with Crippen molar-refractivity contribution in [3.8, 4) is 0 Å². The molecule has 1 fully saturated rings. The normalized spacial score (nSPS) is 17.5. The van der Waals surface area contributed by atoms with E-state index in [1.165, 1.54) is 6.07 Å². The molecule has 1 aromatic carbocycles. The summed E-state index contributed by atoms with van der Waals surface area (Å²) in [4.78, 5) is 2.38. The van der Waals surface area contributed by atoms with E-state index in [0.29, 0.717) is 6.04 Å². The van der Waals surface area contributed by atoms with E-state index < -0.39 is 0 Å². The van der Waals surface area contributed by atoms with Crippen molar-refractivity contribution in [2.24, 2.45) is 0 Å². The highest BCUT2D eigenvalue weighted by Crippen LogP contribution is 2.24. The Morgan fingerprint density at radius 2 is 1.89 bits per heavy atom. The zero-order valence-corrected chi connectivity index (χ0v) is 12.5. The lowest BCUT2D eigenvalue weighted by Crippen LogP contribution is -2.44. The summed E-state index contributed by atoms with van der Waals surface area (Å²) < 4.78 is 13.0. The van der Waals surface area contributed by atoms with E-state index in [1.54, 1.807) is 6.07 Å². The van der Waals surface area contributed by atoms with Gasteiger partial charge in [-0.05, 0) is 24.6 Å². The first-order valence-corrected chi connectivity index (χ1v) is 5.96. The number of hydrogen-bond donors (Lipinski definition) is 1. The predicted molar refractivity (Wildman–Crippen MR) is 78.8 cm³/mol. The maximum Gasteiger partial charge on any atom is 0.141 e. The summed E-state index contributed by atoms with van der Waals surface area (Å²) in [6.07, 6.45) is 0. The van der Waals surface area contributed by atoms with Gasteiger partial charge in [-0.3, -0.25) is 4.90 Å². The molecule has 1 aliphatic rings. The minimum atomic E-state index is -0.349. The van der Waals surface area contributed by atoms with Crippen molar-refractivity contribution in [2.75, 3.05) is 26.2 Å². The largest absolute Gasteiger partial charge is 0.314 e. The Bertz CT molecular complexity index is 370. The van der Waals surface area contributed by atoms with Crippen LogP contribution in [0.3, 0.4) is 0 Å². The molecule has 2 rings (SSSR count). The van der Waals surface area contributed by atoms with Crippen LogP contribution in [0.5, 0.6) is 0 Å². The van der Waals surface area contributed by atoms with Crippen molar-refractivity contribution in [3.05, 3.63) is 34.6 Å². The molecular formula is C12H18Cl3FN2. The second-order valence-electron chi connectivity index (χ2n) is 4.14. The van der Waals surface area contributed by atoms with Crippen molar-refractivity contribution in [1.29, 1.82) is 0 Å². The highest BCUT2D eigenvalue weighted by molar-refractivity contribution is 6.30. The molecule has 1 aromatic rings. The van der Waals surface area contributed by atoms with Gasteiger partial charge in [0.1, 0.15) is 5.82 Å². The van der Waals surface area contributed by atoms with Crippen LogP contribution in [0.4, 0.5) is 4.39 Å². The third-order valence-electron chi connectivity index (χ3n) is 3.13. The van der Waals surface area contributed by atoms with Crippen LogP contribution in [0.25, 0.3) is 0 Å². The van der Waals surface area contributed by atoms with Crippen molar-refractivity contribution >= 4 is 36.4 Å². The van der Waals surface area contributed by atoms with E-state index >= 15 is 0 Å². The van der Waals surface area contributed by atoms with Crippen molar-refractivity contribution in [2.45, 2.75) is 13.0 Å². The molecule has 0 amide bonds. The predicted octanol–water partition coefficient (Wildman–Crippen LogP) is 3.29. The molecule has 1 aliphatic heterocycles. The van der Waals surface area contributed by atoms with Crippen LogP contribution in [0.2, 0.25) is 5.02 Å². The topological polar surface area (TPSA) is 15.3 Å². The van der Waals surface area contributed by atoms with Gasteiger partial charge in [-0.1, -0.05) is 17.7 Å². The van der Waals surface area contributed by atoms with Crippen LogP contribution in [-0.2, 0) is 0 Å². The van der Waals surface area contributed by atoms with E-state index in [2.05, 4.69) is 17.1 Å². The summed E-state index contributed by atoms with van der Waals surface area (Å²) in [5.41, 5.74) is 1.08. The number of benzene rings is 1. The van der Waals surface area contributed by atoms with Crippen LogP contribution >= 0.6 is 36.4 Å². The molecule has 1 heterocycles. The summed E-state index contributed by atoms with van der Waals surface area (Å²) in [5, 5.41) is 3.52. The van der Waals surface area contributed by atoms with Gasteiger partial charge >= 0.3 is 0 Å². The molecule has 18 heavy (non-hydrogen) atoms.